The minimum atomic E-state index is -4.43. The Labute approximate surface area is 125 Å². The van der Waals surface area contributed by atoms with E-state index in [1.807, 2.05) is 0 Å². The van der Waals surface area contributed by atoms with Gasteiger partial charge in [-0.3, -0.25) is 4.79 Å². The van der Waals surface area contributed by atoms with Gasteiger partial charge in [-0.15, -0.1) is 0 Å². The van der Waals surface area contributed by atoms with Crippen molar-refractivity contribution >= 4 is 17.5 Å². The summed E-state index contributed by atoms with van der Waals surface area (Å²) < 4.78 is 44.3. The Kier molecular flexibility index (Phi) is 4.66. The van der Waals surface area contributed by atoms with Crippen LogP contribution in [0.1, 0.15) is 29.6 Å². The molecular formula is C14H15ClF3NO2. The van der Waals surface area contributed by atoms with E-state index in [1.165, 1.54) is 25.3 Å². The molecule has 0 aliphatic carbocycles. The lowest BCUT2D eigenvalue weighted by Crippen LogP contribution is -2.51. The maximum Gasteiger partial charge on any atom is 0.408 e. The van der Waals surface area contributed by atoms with Crippen molar-refractivity contribution in [2.75, 3.05) is 13.7 Å². The first kappa shape index (κ1) is 15.9. The Morgan fingerprint density at radius 2 is 2.10 bits per heavy atom. The minimum Gasteiger partial charge on any atom is -0.496 e. The maximum atomic E-state index is 13.1. The van der Waals surface area contributed by atoms with Gasteiger partial charge in [-0.05, 0) is 37.5 Å². The van der Waals surface area contributed by atoms with Crippen molar-refractivity contribution in [3.63, 3.8) is 0 Å². The molecule has 116 valence electrons. The quantitative estimate of drug-likeness (QED) is 0.826. The second kappa shape index (κ2) is 6.13. The van der Waals surface area contributed by atoms with Gasteiger partial charge in [-0.25, -0.2) is 0 Å². The van der Waals surface area contributed by atoms with Crippen LogP contribution in [-0.4, -0.2) is 36.7 Å². The molecular weight excluding hydrogens is 307 g/mol. The van der Waals surface area contributed by atoms with Crippen LogP contribution in [-0.2, 0) is 0 Å². The summed E-state index contributed by atoms with van der Waals surface area (Å²) in [7, 11) is 1.36. The third-order valence-corrected chi connectivity index (χ3v) is 3.77. The fourth-order valence-corrected chi connectivity index (χ4v) is 2.69. The summed E-state index contributed by atoms with van der Waals surface area (Å²) in [6.07, 6.45) is -3.48. The number of likely N-dealkylation sites (tertiary alicyclic amines) is 1. The van der Waals surface area contributed by atoms with E-state index in [0.29, 0.717) is 12.8 Å². The van der Waals surface area contributed by atoms with Gasteiger partial charge in [0.1, 0.15) is 11.8 Å². The van der Waals surface area contributed by atoms with Gasteiger partial charge in [0.25, 0.3) is 5.91 Å². The van der Waals surface area contributed by atoms with Crippen LogP contribution in [0.25, 0.3) is 0 Å². The smallest absolute Gasteiger partial charge is 0.408 e. The Balaban J connectivity index is 2.35. The number of halogens is 4. The van der Waals surface area contributed by atoms with Crippen LogP contribution in [0.15, 0.2) is 18.2 Å². The summed E-state index contributed by atoms with van der Waals surface area (Å²) in [5.74, 6) is -0.479. The fraction of sp³-hybridized carbons (Fsp3) is 0.500. The van der Waals surface area contributed by atoms with Crippen LogP contribution in [0.2, 0.25) is 5.02 Å². The van der Waals surface area contributed by atoms with Crippen LogP contribution < -0.4 is 4.74 Å². The minimum absolute atomic E-state index is 0.0566. The normalized spacial score (nSPS) is 19.5. The Morgan fingerprint density at radius 3 is 2.71 bits per heavy atom. The van der Waals surface area contributed by atoms with E-state index >= 15 is 0 Å². The molecule has 0 spiro atoms. The maximum absolute atomic E-state index is 13.1. The third-order valence-electron chi connectivity index (χ3n) is 3.53. The number of ether oxygens (including phenoxy) is 1. The van der Waals surface area contributed by atoms with E-state index in [-0.39, 0.29) is 29.3 Å². The summed E-state index contributed by atoms with van der Waals surface area (Å²) in [5.41, 5.74) is 0.0566. The zero-order valence-electron chi connectivity index (χ0n) is 11.4. The predicted octanol–water partition coefficient (Wildman–Crippen LogP) is 3.91. The topological polar surface area (TPSA) is 29.5 Å². The Hall–Kier alpha value is -1.43. The van der Waals surface area contributed by atoms with Crippen molar-refractivity contribution in [1.82, 2.24) is 4.90 Å². The van der Waals surface area contributed by atoms with Crippen molar-refractivity contribution in [3.8, 4) is 5.75 Å². The number of carbonyl (C=O) groups excluding carboxylic acids is 1. The first-order valence-corrected chi connectivity index (χ1v) is 6.93. The number of hydrogen-bond donors (Lipinski definition) is 0. The molecule has 0 radical (unpaired) electrons. The Bertz CT molecular complexity index is 533. The molecule has 0 N–H and O–H groups in total. The molecule has 21 heavy (non-hydrogen) atoms. The summed E-state index contributed by atoms with van der Waals surface area (Å²) in [6.45, 7) is 0.0820. The zero-order chi connectivity index (χ0) is 15.6. The largest absolute Gasteiger partial charge is 0.496 e. The van der Waals surface area contributed by atoms with Crippen LogP contribution in [0, 0.1) is 0 Å². The highest BCUT2D eigenvalue weighted by Gasteiger charge is 2.46. The lowest BCUT2D eigenvalue weighted by molar-refractivity contribution is -0.183. The monoisotopic (exact) mass is 321 g/mol. The molecule has 1 aliphatic heterocycles. The summed E-state index contributed by atoms with van der Waals surface area (Å²) >= 11 is 5.83. The SMILES string of the molecule is COc1ccc(Cl)cc1C(=O)N1CCCCC1C(F)(F)F. The van der Waals surface area contributed by atoms with E-state index in [1.54, 1.807) is 0 Å². The lowest BCUT2D eigenvalue weighted by atomic mass is 10.00. The molecule has 1 unspecified atom stereocenters. The molecule has 1 atom stereocenters. The standard InChI is InChI=1S/C14H15ClF3NO2/c1-21-11-6-5-9(15)8-10(11)13(20)19-7-3-2-4-12(19)14(16,17)18/h5-6,8,12H,2-4,7H2,1H3. The highest BCUT2D eigenvalue weighted by Crippen LogP contribution is 2.34. The molecule has 0 saturated carbocycles. The molecule has 3 nitrogen and oxygen atoms in total. The highest BCUT2D eigenvalue weighted by molar-refractivity contribution is 6.31. The molecule has 1 aliphatic rings. The van der Waals surface area contributed by atoms with Crippen molar-refractivity contribution in [3.05, 3.63) is 28.8 Å². The van der Waals surface area contributed by atoms with Crippen molar-refractivity contribution < 1.29 is 22.7 Å². The van der Waals surface area contributed by atoms with Crippen LogP contribution in [0.4, 0.5) is 13.2 Å². The van der Waals surface area contributed by atoms with Gasteiger partial charge >= 0.3 is 6.18 Å². The number of alkyl halides is 3. The number of piperidine rings is 1. The van der Waals surface area contributed by atoms with Crippen LogP contribution in [0.3, 0.4) is 0 Å². The molecule has 1 amide bonds. The molecule has 1 fully saturated rings. The van der Waals surface area contributed by atoms with E-state index in [4.69, 9.17) is 16.3 Å². The van der Waals surface area contributed by atoms with Gasteiger partial charge < -0.3 is 9.64 Å². The average Bonchev–Trinajstić information content (AvgIpc) is 2.45. The summed E-state index contributed by atoms with van der Waals surface area (Å²) in [4.78, 5) is 13.3. The van der Waals surface area contributed by atoms with Gasteiger partial charge in [-0.2, -0.15) is 13.2 Å². The number of amides is 1. The summed E-state index contributed by atoms with van der Waals surface area (Å²) in [6, 6.07) is 2.59. The van der Waals surface area contributed by atoms with Gasteiger partial charge in [0, 0.05) is 11.6 Å². The zero-order valence-corrected chi connectivity index (χ0v) is 12.2. The number of carbonyl (C=O) groups is 1. The molecule has 0 bridgehead atoms. The van der Waals surface area contributed by atoms with Crippen LogP contribution >= 0.6 is 11.6 Å². The second-order valence-electron chi connectivity index (χ2n) is 4.90. The first-order valence-electron chi connectivity index (χ1n) is 6.56. The number of methoxy groups -OCH3 is 1. The van der Waals surface area contributed by atoms with Gasteiger partial charge in [0.2, 0.25) is 0 Å². The van der Waals surface area contributed by atoms with Crippen molar-refractivity contribution in [1.29, 1.82) is 0 Å². The molecule has 0 aromatic heterocycles. The van der Waals surface area contributed by atoms with Gasteiger partial charge in [0.15, 0.2) is 0 Å². The number of nitrogens with zero attached hydrogens (tertiary/aromatic N) is 1. The number of hydrogen-bond acceptors (Lipinski definition) is 2. The van der Waals surface area contributed by atoms with Crippen LogP contribution in [0.5, 0.6) is 5.75 Å². The molecule has 1 aromatic rings. The lowest BCUT2D eigenvalue weighted by Gasteiger charge is -2.37. The summed E-state index contributed by atoms with van der Waals surface area (Å²) in [5, 5.41) is 0.278. The number of benzene rings is 1. The van der Waals surface area contributed by atoms with Crippen molar-refractivity contribution in [2.45, 2.75) is 31.5 Å². The van der Waals surface area contributed by atoms with Gasteiger partial charge in [-0.1, -0.05) is 11.6 Å². The van der Waals surface area contributed by atoms with Crippen molar-refractivity contribution in [2.24, 2.45) is 0 Å². The van der Waals surface area contributed by atoms with E-state index in [9.17, 15) is 18.0 Å². The van der Waals surface area contributed by atoms with Gasteiger partial charge in [0.05, 0.1) is 12.7 Å². The van der Waals surface area contributed by atoms with E-state index in [2.05, 4.69) is 0 Å². The molecule has 2 rings (SSSR count). The predicted molar refractivity (Wildman–Crippen MR) is 72.7 cm³/mol. The van der Waals surface area contributed by atoms with E-state index < -0.39 is 18.1 Å². The molecule has 1 saturated heterocycles. The van der Waals surface area contributed by atoms with E-state index in [0.717, 1.165) is 4.90 Å². The second-order valence-corrected chi connectivity index (χ2v) is 5.33. The molecule has 1 heterocycles. The highest BCUT2D eigenvalue weighted by atomic mass is 35.5. The molecule has 7 heteroatoms. The molecule has 1 aromatic carbocycles. The Morgan fingerprint density at radius 1 is 1.38 bits per heavy atom. The fourth-order valence-electron chi connectivity index (χ4n) is 2.52. The number of rotatable bonds is 2. The third kappa shape index (κ3) is 3.43. The average molecular weight is 322 g/mol. The first-order chi connectivity index (χ1) is 9.84.